The summed E-state index contributed by atoms with van der Waals surface area (Å²) in [5, 5.41) is 1.23. The number of piperidine rings is 1. The number of anilines is 2. The summed E-state index contributed by atoms with van der Waals surface area (Å²) in [5.41, 5.74) is 10.1. The number of aromatic amines is 1. The highest BCUT2D eigenvalue weighted by Crippen LogP contribution is 2.43. The standard InChI is InChI=1S/C34H41N5O/c1-20(2)23-10-9-21(3)31(15-23)38-14-13-29-28(19-38)34(39-24-11-12-25(39)17-26(16-24)40-5)37-33(36-29)27-7-6-8-30-32(27)22(4)18-35-30/h6-10,15,18,20,24-26,35H,11-14,16-17,19H2,1-5H3/t24-,25+,26+. The number of ether oxygens (including phenoxy) is 1. The lowest BCUT2D eigenvalue weighted by Gasteiger charge is -2.42. The molecule has 2 aromatic heterocycles. The number of aromatic nitrogens is 3. The van der Waals surface area contributed by atoms with Crippen LogP contribution in [0.2, 0.25) is 0 Å². The van der Waals surface area contributed by atoms with Gasteiger partial charge in [-0.3, -0.25) is 0 Å². The van der Waals surface area contributed by atoms with Crippen molar-refractivity contribution < 1.29 is 4.74 Å². The fourth-order valence-electron chi connectivity index (χ4n) is 7.47. The third-order valence-electron chi connectivity index (χ3n) is 9.69. The van der Waals surface area contributed by atoms with Gasteiger partial charge in [-0.1, -0.05) is 38.1 Å². The van der Waals surface area contributed by atoms with E-state index in [4.69, 9.17) is 14.7 Å². The van der Waals surface area contributed by atoms with Crippen molar-refractivity contribution in [3.63, 3.8) is 0 Å². The van der Waals surface area contributed by atoms with Gasteiger partial charge < -0.3 is 19.5 Å². The molecule has 2 bridgehead atoms. The molecule has 7 rings (SSSR count). The van der Waals surface area contributed by atoms with E-state index in [2.05, 4.69) is 85.1 Å². The Morgan fingerprint density at radius 1 is 1.00 bits per heavy atom. The van der Waals surface area contributed by atoms with Gasteiger partial charge in [0.05, 0.1) is 11.8 Å². The maximum absolute atomic E-state index is 5.86. The number of aryl methyl sites for hydroxylation is 2. The molecule has 5 heterocycles. The van der Waals surface area contributed by atoms with Gasteiger partial charge in [0.15, 0.2) is 5.82 Å². The molecule has 2 saturated heterocycles. The maximum atomic E-state index is 5.86. The number of benzene rings is 2. The average molecular weight is 536 g/mol. The summed E-state index contributed by atoms with van der Waals surface area (Å²) in [5.74, 6) is 2.53. The topological polar surface area (TPSA) is 57.3 Å². The zero-order valence-corrected chi connectivity index (χ0v) is 24.5. The summed E-state index contributed by atoms with van der Waals surface area (Å²) in [6.07, 6.45) is 7.94. The van der Waals surface area contributed by atoms with Crippen LogP contribution in [0.15, 0.2) is 42.6 Å². The number of methoxy groups -OCH3 is 1. The van der Waals surface area contributed by atoms with Crippen molar-refractivity contribution in [1.29, 1.82) is 0 Å². The van der Waals surface area contributed by atoms with Crippen molar-refractivity contribution in [2.45, 2.75) is 90.4 Å². The van der Waals surface area contributed by atoms with Crippen LogP contribution in [0, 0.1) is 13.8 Å². The first-order valence-electron chi connectivity index (χ1n) is 15.0. The van der Waals surface area contributed by atoms with Crippen molar-refractivity contribution in [2.75, 3.05) is 23.5 Å². The number of hydrogen-bond donors (Lipinski definition) is 1. The summed E-state index contributed by atoms with van der Waals surface area (Å²) < 4.78 is 5.86. The summed E-state index contributed by atoms with van der Waals surface area (Å²) >= 11 is 0. The molecule has 4 aromatic rings. The smallest absolute Gasteiger partial charge is 0.162 e. The van der Waals surface area contributed by atoms with Crippen molar-refractivity contribution in [3.05, 3.63) is 70.5 Å². The molecule has 0 saturated carbocycles. The van der Waals surface area contributed by atoms with Crippen LogP contribution in [0.25, 0.3) is 22.3 Å². The molecule has 6 heteroatoms. The van der Waals surface area contributed by atoms with E-state index in [0.717, 1.165) is 55.1 Å². The SMILES string of the molecule is CO[C@H]1C[C@H]2CC[C@@H](C1)N2c1nc(-c2cccc3[nH]cc(C)c23)nc2c1CN(c1cc(C(C)C)ccc1C)CC2. The van der Waals surface area contributed by atoms with E-state index in [0.29, 0.717) is 24.1 Å². The third kappa shape index (κ3) is 4.19. The van der Waals surface area contributed by atoms with E-state index in [1.54, 1.807) is 0 Å². The number of H-pyrrole nitrogens is 1. The van der Waals surface area contributed by atoms with Crippen LogP contribution in [0.5, 0.6) is 0 Å². The molecule has 0 spiro atoms. The Morgan fingerprint density at radius 2 is 1.80 bits per heavy atom. The highest BCUT2D eigenvalue weighted by molar-refractivity contribution is 5.96. The van der Waals surface area contributed by atoms with Crippen LogP contribution in [0.1, 0.15) is 73.4 Å². The summed E-state index contributed by atoms with van der Waals surface area (Å²) in [6.45, 7) is 10.8. The number of rotatable bonds is 5. The minimum atomic E-state index is 0.347. The predicted octanol–water partition coefficient (Wildman–Crippen LogP) is 7.07. The second kappa shape index (κ2) is 9.91. The highest BCUT2D eigenvalue weighted by atomic mass is 16.5. The Kier molecular flexibility index (Phi) is 6.34. The van der Waals surface area contributed by atoms with Crippen LogP contribution in [-0.2, 0) is 17.7 Å². The molecule has 0 unspecified atom stereocenters. The number of fused-ring (bicyclic) bond motifs is 4. The van der Waals surface area contributed by atoms with Gasteiger partial charge in [-0.05, 0) is 74.3 Å². The molecule has 208 valence electrons. The Labute approximate surface area is 237 Å². The average Bonchev–Trinajstić information content (AvgIpc) is 3.47. The minimum absolute atomic E-state index is 0.347. The lowest BCUT2D eigenvalue weighted by molar-refractivity contribution is 0.0681. The molecule has 1 N–H and O–H groups in total. The van der Waals surface area contributed by atoms with Crippen molar-refractivity contribution in [3.8, 4) is 11.4 Å². The Bertz CT molecular complexity index is 1560. The zero-order chi connectivity index (χ0) is 27.5. The summed E-state index contributed by atoms with van der Waals surface area (Å²) in [4.78, 5) is 19.4. The molecule has 2 fully saturated rings. The summed E-state index contributed by atoms with van der Waals surface area (Å²) in [6, 6.07) is 14.4. The molecule has 6 nitrogen and oxygen atoms in total. The van der Waals surface area contributed by atoms with Gasteiger partial charge in [-0.25, -0.2) is 9.97 Å². The molecule has 3 aliphatic rings. The van der Waals surface area contributed by atoms with Gasteiger partial charge in [0.2, 0.25) is 0 Å². The molecular formula is C34H41N5O. The van der Waals surface area contributed by atoms with Gasteiger partial charge >= 0.3 is 0 Å². The van der Waals surface area contributed by atoms with Gasteiger partial charge in [0.1, 0.15) is 5.82 Å². The maximum Gasteiger partial charge on any atom is 0.162 e. The van der Waals surface area contributed by atoms with E-state index in [1.807, 2.05) is 7.11 Å². The number of hydrogen-bond acceptors (Lipinski definition) is 5. The van der Waals surface area contributed by atoms with Gasteiger partial charge in [0, 0.05) is 72.6 Å². The second-order valence-electron chi connectivity index (χ2n) is 12.5. The lowest BCUT2D eigenvalue weighted by atomic mass is 9.96. The van der Waals surface area contributed by atoms with E-state index in [-0.39, 0.29) is 0 Å². The quantitative estimate of drug-likeness (QED) is 0.296. The van der Waals surface area contributed by atoms with Crippen molar-refractivity contribution >= 4 is 22.4 Å². The lowest BCUT2D eigenvalue weighted by Crippen LogP contribution is -2.47. The summed E-state index contributed by atoms with van der Waals surface area (Å²) in [7, 11) is 1.87. The molecule has 3 aliphatic heterocycles. The van der Waals surface area contributed by atoms with E-state index in [9.17, 15) is 0 Å². The number of nitrogens with zero attached hydrogens (tertiary/aromatic N) is 4. The van der Waals surface area contributed by atoms with Crippen LogP contribution in [0.4, 0.5) is 11.5 Å². The normalized spacial score (nSPS) is 22.4. The fourth-order valence-corrected chi connectivity index (χ4v) is 7.47. The Morgan fingerprint density at radius 3 is 2.55 bits per heavy atom. The van der Waals surface area contributed by atoms with Gasteiger partial charge in [-0.2, -0.15) is 0 Å². The van der Waals surface area contributed by atoms with Crippen LogP contribution in [-0.4, -0.2) is 46.8 Å². The first-order valence-corrected chi connectivity index (χ1v) is 15.0. The van der Waals surface area contributed by atoms with Crippen molar-refractivity contribution in [1.82, 2.24) is 15.0 Å². The van der Waals surface area contributed by atoms with Gasteiger partial charge in [0.25, 0.3) is 0 Å². The predicted molar refractivity (Wildman–Crippen MR) is 163 cm³/mol. The Balaban J connectivity index is 1.36. The van der Waals surface area contributed by atoms with E-state index in [1.165, 1.54) is 51.9 Å². The Hall–Kier alpha value is -3.38. The molecule has 3 atom stereocenters. The zero-order valence-electron chi connectivity index (χ0n) is 24.5. The number of nitrogens with one attached hydrogen (secondary N) is 1. The van der Waals surface area contributed by atoms with Gasteiger partial charge in [-0.15, -0.1) is 0 Å². The molecule has 2 aromatic carbocycles. The monoisotopic (exact) mass is 535 g/mol. The van der Waals surface area contributed by atoms with Crippen LogP contribution in [0.3, 0.4) is 0 Å². The second-order valence-corrected chi connectivity index (χ2v) is 12.5. The highest BCUT2D eigenvalue weighted by Gasteiger charge is 2.43. The van der Waals surface area contributed by atoms with E-state index < -0.39 is 0 Å². The molecule has 0 radical (unpaired) electrons. The molecule has 0 amide bonds. The first-order chi connectivity index (χ1) is 19.4. The molecule has 0 aliphatic carbocycles. The van der Waals surface area contributed by atoms with Crippen LogP contribution < -0.4 is 9.80 Å². The third-order valence-corrected chi connectivity index (χ3v) is 9.69. The van der Waals surface area contributed by atoms with E-state index >= 15 is 0 Å². The first kappa shape index (κ1) is 25.6. The van der Waals surface area contributed by atoms with Crippen LogP contribution >= 0.6 is 0 Å². The van der Waals surface area contributed by atoms with Crippen molar-refractivity contribution in [2.24, 2.45) is 0 Å². The molecule has 40 heavy (non-hydrogen) atoms. The fraction of sp³-hybridized carbons (Fsp3) is 0.471. The largest absolute Gasteiger partial charge is 0.381 e. The molecular weight excluding hydrogens is 494 g/mol. The minimum Gasteiger partial charge on any atom is -0.381 e.